The number of rotatable bonds is 10. The number of nitrogens with one attached hydrogen (secondary N) is 1. The Hall–Kier alpha value is -1.87. The molecule has 134 valence electrons. The number of carbonyl (C=O) groups is 2. The van der Waals surface area contributed by atoms with E-state index in [2.05, 4.69) is 15.3 Å². The molecule has 0 aliphatic carbocycles. The monoisotopic (exact) mass is 342 g/mol. The molecule has 1 amide bonds. The summed E-state index contributed by atoms with van der Waals surface area (Å²) >= 11 is 0. The minimum atomic E-state index is -0.722. The Bertz CT molecular complexity index is 455. The lowest BCUT2D eigenvalue weighted by molar-refractivity contribution is -0.200. The number of hydrogen-bond acceptors (Lipinski definition) is 7. The summed E-state index contributed by atoms with van der Waals surface area (Å²) in [5.74, 6) is -0.618. The lowest BCUT2D eigenvalue weighted by Gasteiger charge is -2.35. The molecule has 0 spiro atoms. The van der Waals surface area contributed by atoms with Crippen LogP contribution in [0, 0.1) is 12.8 Å². The first-order valence-corrected chi connectivity index (χ1v) is 7.47. The first kappa shape index (κ1) is 20.2. The Morgan fingerprint density at radius 1 is 1.29 bits per heavy atom. The van der Waals surface area contributed by atoms with Crippen LogP contribution in [-0.4, -0.2) is 63.3 Å². The van der Waals surface area contributed by atoms with E-state index in [9.17, 15) is 9.59 Å². The van der Waals surface area contributed by atoms with Gasteiger partial charge in [0.1, 0.15) is 6.61 Å². The van der Waals surface area contributed by atoms with Gasteiger partial charge in [-0.05, 0) is 18.4 Å². The summed E-state index contributed by atoms with van der Waals surface area (Å²) in [6.07, 6.45) is 2.28. The average Bonchev–Trinajstić information content (AvgIpc) is 2.53. The highest BCUT2D eigenvalue weighted by atomic mass is 16.7. The molecule has 10 heteroatoms. The molecule has 0 aromatic rings. The van der Waals surface area contributed by atoms with Crippen LogP contribution in [0.4, 0.5) is 0 Å². The lowest BCUT2D eigenvalue weighted by atomic mass is 10.0. The molecule has 1 N–H and O–H groups in total. The standard InChI is InChI=1S/C14H22N4O6/c1-10(19)17-13-4-3-12(9-23-11(2)20)24-14(13)22-8-7-21-6-5-16-18-15/h3-4,12-14H,5-9H2,1-2H3,(H,17,19)/t12-,13-,14-/m1/s1. The van der Waals surface area contributed by atoms with Gasteiger partial charge in [0.2, 0.25) is 5.91 Å². The molecule has 1 fully saturated rings. The van der Waals surface area contributed by atoms with E-state index in [-0.39, 0.29) is 32.3 Å². The summed E-state index contributed by atoms with van der Waals surface area (Å²) in [5.41, 5.74) is 8.13. The highest BCUT2D eigenvalue weighted by Crippen LogP contribution is 2.19. The SMILES string of the molecule is CC(=O)N[C@@H]1[CH][CH][C@H](COC(C)=O)O[C@H]1OCCOCCN=[N+]=[N-]. The third-order valence-corrected chi connectivity index (χ3v) is 2.86. The highest BCUT2D eigenvalue weighted by molar-refractivity contribution is 5.73. The zero-order valence-corrected chi connectivity index (χ0v) is 13.7. The van der Waals surface area contributed by atoms with Crippen LogP contribution in [-0.2, 0) is 28.5 Å². The molecular weight excluding hydrogens is 320 g/mol. The second kappa shape index (κ2) is 11.6. The van der Waals surface area contributed by atoms with Crippen molar-refractivity contribution in [1.82, 2.24) is 5.32 Å². The van der Waals surface area contributed by atoms with Gasteiger partial charge in [-0.3, -0.25) is 9.59 Å². The molecule has 10 nitrogen and oxygen atoms in total. The maximum atomic E-state index is 11.2. The van der Waals surface area contributed by atoms with Crippen molar-refractivity contribution in [3.63, 3.8) is 0 Å². The fraction of sp³-hybridized carbons (Fsp3) is 0.714. The number of carbonyl (C=O) groups excluding carboxylic acids is 2. The van der Waals surface area contributed by atoms with Crippen molar-refractivity contribution in [1.29, 1.82) is 0 Å². The fourth-order valence-electron chi connectivity index (χ4n) is 1.90. The molecule has 0 bridgehead atoms. The largest absolute Gasteiger partial charge is 0.463 e. The van der Waals surface area contributed by atoms with Crippen molar-refractivity contribution in [2.24, 2.45) is 5.11 Å². The van der Waals surface area contributed by atoms with Crippen LogP contribution in [0.2, 0.25) is 0 Å². The van der Waals surface area contributed by atoms with Gasteiger partial charge in [-0.15, -0.1) is 0 Å². The molecule has 2 radical (unpaired) electrons. The van der Waals surface area contributed by atoms with Crippen LogP contribution >= 0.6 is 0 Å². The van der Waals surface area contributed by atoms with E-state index in [1.165, 1.54) is 13.8 Å². The summed E-state index contributed by atoms with van der Waals surface area (Å²) in [4.78, 5) is 24.7. The van der Waals surface area contributed by atoms with Gasteiger partial charge >= 0.3 is 5.97 Å². The first-order chi connectivity index (χ1) is 11.5. The quantitative estimate of drug-likeness (QED) is 0.202. The zero-order valence-electron chi connectivity index (χ0n) is 13.7. The van der Waals surface area contributed by atoms with Gasteiger partial charge in [-0.2, -0.15) is 0 Å². The van der Waals surface area contributed by atoms with Crippen LogP contribution in [0.3, 0.4) is 0 Å². The molecular formula is C14H22N4O6. The Balaban J connectivity index is 2.38. The summed E-state index contributed by atoms with van der Waals surface area (Å²) in [7, 11) is 0. The van der Waals surface area contributed by atoms with Crippen LogP contribution in [0.1, 0.15) is 13.8 Å². The Labute approximate surface area is 140 Å². The van der Waals surface area contributed by atoms with Crippen molar-refractivity contribution in [3.05, 3.63) is 23.3 Å². The summed E-state index contributed by atoms with van der Waals surface area (Å²) in [6, 6.07) is -0.445. The molecule has 3 atom stereocenters. The lowest BCUT2D eigenvalue weighted by Crippen LogP contribution is -2.51. The summed E-state index contributed by atoms with van der Waals surface area (Å²) < 4.78 is 21.4. The molecule has 1 rings (SSSR count). The minimum absolute atomic E-state index is 0.0706. The van der Waals surface area contributed by atoms with Crippen LogP contribution < -0.4 is 5.32 Å². The molecule has 0 saturated carbocycles. The first-order valence-electron chi connectivity index (χ1n) is 7.47. The number of azide groups is 1. The second-order valence-electron chi connectivity index (χ2n) is 4.89. The van der Waals surface area contributed by atoms with Gasteiger partial charge in [-0.25, -0.2) is 0 Å². The van der Waals surface area contributed by atoms with Crippen molar-refractivity contribution in [2.45, 2.75) is 32.3 Å². The molecule has 0 aromatic heterocycles. The molecule has 1 aliphatic rings. The number of esters is 1. The fourth-order valence-corrected chi connectivity index (χ4v) is 1.90. The number of nitrogens with zero attached hydrogens (tertiary/aromatic N) is 3. The van der Waals surface area contributed by atoms with Crippen LogP contribution in [0.25, 0.3) is 10.4 Å². The number of ether oxygens (including phenoxy) is 4. The third-order valence-electron chi connectivity index (χ3n) is 2.86. The average molecular weight is 342 g/mol. The summed E-state index contributed by atoms with van der Waals surface area (Å²) in [5, 5.41) is 6.05. The molecule has 1 heterocycles. The Kier molecular flexibility index (Phi) is 9.78. The van der Waals surface area contributed by atoms with Crippen molar-refractivity contribution >= 4 is 11.9 Å². The van der Waals surface area contributed by atoms with Crippen LogP contribution in [0.15, 0.2) is 5.11 Å². The number of amides is 1. The maximum Gasteiger partial charge on any atom is 0.302 e. The van der Waals surface area contributed by atoms with Gasteiger partial charge < -0.3 is 24.3 Å². The Morgan fingerprint density at radius 2 is 2.08 bits per heavy atom. The van der Waals surface area contributed by atoms with Gasteiger partial charge in [0.15, 0.2) is 6.29 Å². The minimum Gasteiger partial charge on any atom is -0.463 e. The smallest absolute Gasteiger partial charge is 0.302 e. The van der Waals surface area contributed by atoms with E-state index in [0.717, 1.165) is 0 Å². The molecule has 0 unspecified atom stereocenters. The van der Waals surface area contributed by atoms with E-state index >= 15 is 0 Å². The van der Waals surface area contributed by atoms with Crippen molar-refractivity contribution in [3.8, 4) is 0 Å². The highest BCUT2D eigenvalue weighted by Gasteiger charge is 2.33. The van der Waals surface area contributed by atoms with E-state index in [0.29, 0.717) is 6.61 Å². The van der Waals surface area contributed by atoms with Gasteiger partial charge in [0, 0.05) is 25.3 Å². The van der Waals surface area contributed by atoms with E-state index in [1.54, 1.807) is 12.8 Å². The molecule has 1 saturated heterocycles. The normalized spacial score (nSPS) is 23.2. The molecule has 24 heavy (non-hydrogen) atoms. The van der Waals surface area contributed by atoms with E-state index in [4.69, 9.17) is 24.5 Å². The van der Waals surface area contributed by atoms with Crippen LogP contribution in [0.5, 0.6) is 0 Å². The van der Waals surface area contributed by atoms with Gasteiger partial charge in [-0.1, -0.05) is 5.11 Å². The maximum absolute atomic E-state index is 11.2. The second-order valence-corrected chi connectivity index (χ2v) is 4.89. The van der Waals surface area contributed by atoms with Crippen molar-refractivity contribution in [2.75, 3.05) is 33.0 Å². The van der Waals surface area contributed by atoms with E-state index < -0.39 is 24.4 Å². The third kappa shape index (κ3) is 8.68. The van der Waals surface area contributed by atoms with Crippen molar-refractivity contribution < 1.29 is 28.5 Å². The Morgan fingerprint density at radius 3 is 2.75 bits per heavy atom. The molecule has 0 aromatic carbocycles. The van der Waals surface area contributed by atoms with Gasteiger partial charge in [0.05, 0.1) is 32.0 Å². The molecule has 1 aliphatic heterocycles. The predicted octanol–water partition coefficient (Wildman–Crippen LogP) is 0.531. The summed E-state index contributed by atoms with van der Waals surface area (Å²) in [6.45, 7) is 3.84. The van der Waals surface area contributed by atoms with E-state index in [1.807, 2.05) is 0 Å². The zero-order chi connectivity index (χ0) is 17.8. The number of hydrogen-bond donors (Lipinski definition) is 1. The topological polar surface area (TPSA) is 132 Å². The predicted molar refractivity (Wildman–Crippen MR) is 82.3 cm³/mol. The van der Waals surface area contributed by atoms with Gasteiger partial charge in [0.25, 0.3) is 0 Å².